The van der Waals surface area contributed by atoms with Gasteiger partial charge >= 0.3 is 0 Å². The van der Waals surface area contributed by atoms with Crippen molar-refractivity contribution in [2.24, 2.45) is 5.92 Å². The molecule has 2 rings (SSSR count). The number of aromatic amines is 1. The quantitative estimate of drug-likeness (QED) is 0.721. The lowest BCUT2D eigenvalue weighted by molar-refractivity contribution is 0.0724. The van der Waals surface area contributed by atoms with Crippen molar-refractivity contribution >= 4 is 10.0 Å². The Morgan fingerprint density at radius 1 is 1.47 bits per heavy atom. The van der Waals surface area contributed by atoms with E-state index < -0.39 is 16.1 Å². The van der Waals surface area contributed by atoms with Gasteiger partial charge in [0.1, 0.15) is 0 Å². The first-order chi connectivity index (χ1) is 8.09. The summed E-state index contributed by atoms with van der Waals surface area (Å²) in [6.45, 7) is 0.280. The first-order valence-electron chi connectivity index (χ1n) is 5.76. The van der Waals surface area contributed by atoms with Crippen molar-refractivity contribution in [3.05, 3.63) is 12.5 Å². The molecule has 2 unspecified atom stereocenters. The topological polar surface area (TPSA) is 95.1 Å². The third-order valence-electron chi connectivity index (χ3n) is 3.17. The molecule has 0 aliphatic heterocycles. The second-order valence-electron chi connectivity index (χ2n) is 4.38. The van der Waals surface area contributed by atoms with Crippen molar-refractivity contribution in [2.75, 3.05) is 6.54 Å². The van der Waals surface area contributed by atoms with Gasteiger partial charge in [0.25, 0.3) is 10.0 Å². The molecule has 1 heterocycles. The minimum absolute atomic E-state index is 0.0152. The predicted octanol–water partition coefficient (Wildman–Crippen LogP) is 0.239. The van der Waals surface area contributed by atoms with E-state index in [1.165, 1.54) is 12.5 Å². The van der Waals surface area contributed by atoms with Gasteiger partial charge in [-0.2, -0.15) is 0 Å². The van der Waals surface area contributed by atoms with Gasteiger partial charge in [-0.1, -0.05) is 12.8 Å². The second-order valence-corrected chi connectivity index (χ2v) is 6.12. The summed E-state index contributed by atoms with van der Waals surface area (Å²) >= 11 is 0. The molecule has 1 aromatic rings. The molecule has 1 saturated carbocycles. The van der Waals surface area contributed by atoms with Gasteiger partial charge in [0.05, 0.1) is 18.6 Å². The van der Waals surface area contributed by atoms with Crippen LogP contribution in [0.5, 0.6) is 0 Å². The van der Waals surface area contributed by atoms with Crippen LogP contribution >= 0.6 is 0 Å². The molecule has 96 valence electrons. The van der Waals surface area contributed by atoms with E-state index >= 15 is 0 Å². The number of H-pyrrole nitrogens is 1. The summed E-state index contributed by atoms with van der Waals surface area (Å²) in [6, 6.07) is 0. The van der Waals surface area contributed by atoms with E-state index in [2.05, 4.69) is 14.7 Å². The van der Waals surface area contributed by atoms with E-state index in [1.54, 1.807) is 0 Å². The van der Waals surface area contributed by atoms with Crippen molar-refractivity contribution in [2.45, 2.75) is 36.8 Å². The molecule has 0 amide bonds. The number of nitrogens with zero attached hydrogens (tertiary/aromatic N) is 1. The highest BCUT2D eigenvalue weighted by Gasteiger charge is 2.25. The van der Waals surface area contributed by atoms with Crippen molar-refractivity contribution in [3.63, 3.8) is 0 Å². The summed E-state index contributed by atoms with van der Waals surface area (Å²) in [4.78, 5) is 6.23. The monoisotopic (exact) mass is 259 g/mol. The Hall–Kier alpha value is -0.920. The average Bonchev–Trinajstić information content (AvgIpc) is 2.82. The van der Waals surface area contributed by atoms with Crippen LogP contribution in [0, 0.1) is 5.92 Å². The maximum absolute atomic E-state index is 11.8. The molecule has 17 heavy (non-hydrogen) atoms. The molecule has 0 aromatic carbocycles. The van der Waals surface area contributed by atoms with E-state index in [0.717, 1.165) is 25.7 Å². The van der Waals surface area contributed by atoms with Gasteiger partial charge in [0.2, 0.25) is 0 Å². The number of hydrogen-bond donors (Lipinski definition) is 3. The second kappa shape index (κ2) is 5.16. The molecule has 0 spiro atoms. The Balaban J connectivity index is 1.93. The Kier molecular flexibility index (Phi) is 3.80. The zero-order valence-corrected chi connectivity index (χ0v) is 10.3. The van der Waals surface area contributed by atoms with E-state index in [-0.39, 0.29) is 17.5 Å². The lowest BCUT2D eigenvalue weighted by atomic mass is 9.87. The third kappa shape index (κ3) is 3.05. The molecule has 1 aliphatic carbocycles. The molecule has 6 nitrogen and oxygen atoms in total. The van der Waals surface area contributed by atoms with E-state index in [4.69, 9.17) is 0 Å². The van der Waals surface area contributed by atoms with Crippen molar-refractivity contribution < 1.29 is 13.5 Å². The van der Waals surface area contributed by atoms with Crippen LogP contribution in [0.1, 0.15) is 25.7 Å². The number of rotatable bonds is 4. The summed E-state index contributed by atoms with van der Waals surface area (Å²) in [5, 5.41) is 9.80. The van der Waals surface area contributed by atoms with Crippen LogP contribution in [0.4, 0.5) is 0 Å². The Morgan fingerprint density at radius 2 is 2.24 bits per heavy atom. The van der Waals surface area contributed by atoms with Crippen LogP contribution in [0.15, 0.2) is 17.6 Å². The first-order valence-corrected chi connectivity index (χ1v) is 7.24. The predicted molar refractivity (Wildman–Crippen MR) is 61.7 cm³/mol. The lowest BCUT2D eigenvalue weighted by Gasteiger charge is -2.27. The minimum Gasteiger partial charge on any atom is -0.393 e. The summed E-state index contributed by atoms with van der Waals surface area (Å²) in [5.41, 5.74) is 0. The first kappa shape index (κ1) is 12.5. The van der Waals surface area contributed by atoms with Gasteiger partial charge in [-0.05, 0) is 18.8 Å². The minimum atomic E-state index is -3.52. The highest BCUT2D eigenvalue weighted by Crippen LogP contribution is 2.23. The van der Waals surface area contributed by atoms with Crippen LogP contribution in [0.2, 0.25) is 0 Å². The molecule has 2 atom stereocenters. The van der Waals surface area contributed by atoms with Gasteiger partial charge in [-0.25, -0.2) is 18.1 Å². The molecule has 0 saturated heterocycles. The van der Waals surface area contributed by atoms with Crippen LogP contribution in [0.25, 0.3) is 0 Å². The Morgan fingerprint density at radius 3 is 2.88 bits per heavy atom. The number of nitrogens with one attached hydrogen (secondary N) is 2. The smallest absolute Gasteiger partial charge is 0.257 e. The van der Waals surface area contributed by atoms with Crippen molar-refractivity contribution in [1.29, 1.82) is 0 Å². The summed E-state index contributed by atoms with van der Waals surface area (Å²) in [5.74, 6) is 0.0152. The molecule has 1 fully saturated rings. The number of hydrogen-bond acceptors (Lipinski definition) is 4. The fourth-order valence-corrected chi connectivity index (χ4v) is 3.11. The summed E-state index contributed by atoms with van der Waals surface area (Å²) in [7, 11) is -3.52. The van der Waals surface area contributed by atoms with Crippen LogP contribution in [0.3, 0.4) is 0 Å². The van der Waals surface area contributed by atoms with Crippen LogP contribution in [-0.2, 0) is 10.0 Å². The fourth-order valence-electron chi connectivity index (χ4n) is 2.11. The molecular weight excluding hydrogens is 242 g/mol. The lowest BCUT2D eigenvalue weighted by Crippen LogP contribution is -2.36. The summed E-state index contributed by atoms with van der Waals surface area (Å²) < 4.78 is 26.1. The molecular formula is C10H17N3O3S. The van der Waals surface area contributed by atoms with E-state index in [1.807, 2.05) is 0 Å². The Labute approximate surface area is 101 Å². The fraction of sp³-hybridized carbons (Fsp3) is 0.700. The van der Waals surface area contributed by atoms with Crippen molar-refractivity contribution in [3.8, 4) is 0 Å². The van der Waals surface area contributed by atoms with E-state index in [0.29, 0.717) is 0 Å². The SMILES string of the molecule is O=S(=O)(NCC1CCCCC1O)c1cnc[nH]1. The highest BCUT2D eigenvalue weighted by atomic mass is 32.2. The number of sulfonamides is 1. The molecule has 1 aromatic heterocycles. The standard InChI is InChI=1S/C10H17N3O3S/c14-9-4-2-1-3-8(9)5-13-17(15,16)10-6-11-7-12-10/h6-9,13-14H,1-5H2,(H,11,12). The van der Waals surface area contributed by atoms with Crippen LogP contribution < -0.4 is 4.72 Å². The maximum atomic E-state index is 11.8. The number of aliphatic hydroxyl groups excluding tert-OH is 1. The maximum Gasteiger partial charge on any atom is 0.257 e. The van der Waals surface area contributed by atoms with Crippen LogP contribution in [-0.4, -0.2) is 36.1 Å². The normalized spacial score (nSPS) is 25.9. The number of imidazole rings is 1. The Bertz CT molecular complexity index is 443. The molecule has 0 bridgehead atoms. The zero-order chi connectivity index (χ0) is 12.3. The zero-order valence-electron chi connectivity index (χ0n) is 9.46. The van der Waals surface area contributed by atoms with Crippen molar-refractivity contribution in [1.82, 2.24) is 14.7 Å². The van der Waals surface area contributed by atoms with Gasteiger partial charge in [0, 0.05) is 6.54 Å². The molecule has 0 radical (unpaired) electrons. The largest absolute Gasteiger partial charge is 0.393 e. The average molecular weight is 259 g/mol. The number of aromatic nitrogens is 2. The van der Waals surface area contributed by atoms with Gasteiger partial charge in [0.15, 0.2) is 5.03 Å². The van der Waals surface area contributed by atoms with Gasteiger partial charge in [-0.15, -0.1) is 0 Å². The highest BCUT2D eigenvalue weighted by molar-refractivity contribution is 7.89. The molecule has 7 heteroatoms. The van der Waals surface area contributed by atoms with E-state index in [9.17, 15) is 13.5 Å². The van der Waals surface area contributed by atoms with Gasteiger partial charge < -0.3 is 10.1 Å². The molecule has 1 aliphatic rings. The van der Waals surface area contributed by atoms with Gasteiger partial charge in [-0.3, -0.25) is 0 Å². The molecule has 3 N–H and O–H groups in total. The third-order valence-corrected chi connectivity index (χ3v) is 4.52. The number of aliphatic hydroxyl groups is 1. The summed E-state index contributed by atoms with van der Waals surface area (Å²) in [6.07, 6.45) is 5.89.